The molecule has 2 N–H and O–H groups in total. The van der Waals surface area contributed by atoms with Crippen LogP contribution in [-0.2, 0) is 0 Å². The van der Waals surface area contributed by atoms with Gasteiger partial charge in [0.15, 0.2) is 0 Å². The fourth-order valence-corrected chi connectivity index (χ4v) is 3.83. The number of aliphatic hydroxyl groups excluding tert-OH is 1. The van der Waals surface area contributed by atoms with Crippen LogP contribution in [-0.4, -0.2) is 65.1 Å². The minimum Gasteiger partial charge on any atom is -0.390 e. The standard InChI is InChI=1S/C22H23N3O3/c1-24(2)19-12-25(13-20(19)26)22(28)17-5-3-4-14(11-17)15-6-7-18-16(10-15)8-9-23-21(18)27/h3-11,19-20,26H,12-13H2,1-2H3,(H,23,27)/t19-,20-/m0/s1. The second-order valence-corrected chi connectivity index (χ2v) is 7.50. The molecule has 0 spiro atoms. The third kappa shape index (κ3) is 3.32. The van der Waals surface area contributed by atoms with E-state index in [0.717, 1.165) is 16.5 Å². The van der Waals surface area contributed by atoms with E-state index in [1.807, 2.05) is 55.4 Å². The smallest absolute Gasteiger partial charge is 0.255 e. The first-order valence-corrected chi connectivity index (χ1v) is 9.30. The summed E-state index contributed by atoms with van der Waals surface area (Å²) < 4.78 is 0. The normalized spacial score (nSPS) is 19.5. The van der Waals surface area contributed by atoms with Crippen molar-refractivity contribution in [1.29, 1.82) is 0 Å². The zero-order valence-corrected chi connectivity index (χ0v) is 15.9. The van der Waals surface area contributed by atoms with Gasteiger partial charge in [-0.25, -0.2) is 0 Å². The number of fused-ring (bicyclic) bond motifs is 1. The van der Waals surface area contributed by atoms with Crippen LogP contribution in [0.3, 0.4) is 0 Å². The number of benzene rings is 2. The van der Waals surface area contributed by atoms with E-state index in [9.17, 15) is 14.7 Å². The number of carbonyl (C=O) groups excluding carboxylic acids is 1. The predicted octanol–water partition coefficient (Wildman–Crippen LogP) is 1.94. The lowest BCUT2D eigenvalue weighted by molar-refractivity contribution is 0.0764. The Bertz CT molecular complexity index is 1090. The molecule has 1 fully saturated rings. The van der Waals surface area contributed by atoms with Gasteiger partial charge in [0.25, 0.3) is 11.5 Å². The fourth-order valence-electron chi connectivity index (χ4n) is 3.83. The summed E-state index contributed by atoms with van der Waals surface area (Å²) in [7, 11) is 3.82. The number of likely N-dealkylation sites (tertiary alicyclic amines) is 1. The molecule has 2 atom stereocenters. The van der Waals surface area contributed by atoms with Crippen molar-refractivity contribution >= 4 is 16.7 Å². The lowest BCUT2D eigenvalue weighted by Gasteiger charge is -2.21. The number of likely N-dealkylation sites (N-methyl/N-ethyl adjacent to an activating group) is 1. The maximum atomic E-state index is 13.0. The molecule has 1 saturated heterocycles. The van der Waals surface area contributed by atoms with Crippen LogP contribution >= 0.6 is 0 Å². The lowest BCUT2D eigenvalue weighted by Crippen LogP contribution is -2.38. The van der Waals surface area contributed by atoms with E-state index >= 15 is 0 Å². The highest BCUT2D eigenvalue weighted by molar-refractivity contribution is 5.96. The number of nitrogens with zero attached hydrogens (tertiary/aromatic N) is 2. The molecule has 28 heavy (non-hydrogen) atoms. The number of hydrogen-bond acceptors (Lipinski definition) is 4. The van der Waals surface area contributed by atoms with E-state index in [-0.39, 0.29) is 17.5 Å². The van der Waals surface area contributed by atoms with Gasteiger partial charge in [-0.05, 0) is 60.9 Å². The van der Waals surface area contributed by atoms with E-state index in [4.69, 9.17) is 0 Å². The molecule has 6 heteroatoms. The first kappa shape index (κ1) is 18.4. The molecule has 144 valence electrons. The number of carbonyl (C=O) groups is 1. The Morgan fingerprint density at radius 2 is 1.89 bits per heavy atom. The highest BCUT2D eigenvalue weighted by atomic mass is 16.3. The van der Waals surface area contributed by atoms with Crippen LogP contribution in [0.15, 0.2) is 59.5 Å². The summed E-state index contributed by atoms with van der Waals surface area (Å²) in [6, 6.07) is 14.9. The van der Waals surface area contributed by atoms with Crippen molar-refractivity contribution < 1.29 is 9.90 Å². The number of pyridine rings is 1. The van der Waals surface area contributed by atoms with Crippen molar-refractivity contribution in [3.05, 3.63) is 70.6 Å². The summed E-state index contributed by atoms with van der Waals surface area (Å²) in [5.74, 6) is -0.0810. The largest absolute Gasteiger partial charge is 0.390 e. The molecule has 1 amide bonds. The Hall–Kier alpha value is -2.96. The molecular formula is C22H23N3O3. The number of H-pyrrole nitrogens is 1. The van der Waals surface area contributed by atoms with Gasteiger partial charge in [0.05, 0.1) is 12.1 Å². The minimum atomic E-state index is -0.541. The number of aliphatic hydroxyl groups is 1. The third-order valence-corrected chi connectivity index (χ3v) is 5.43. The Kier molecular flexibility index (Phi) is 4.75. The van der Waals surface area contributed by atoms with E-state index in [2.05, 4.69) is 4.98 Å². The number of aromatic amines is 1. The summed E-state index contributed by atoms with van der Waals surface area (Å²) in [6.45, 7) is 0.848. The molecule has 0 saturated carbocycles. The minimum absolute atomic E-state index is 0.0503. The molecule has 0 unspecified atom stereocenters. The van der Waals surface area contributed by atoms with Crippen LogP contribution in [0.25, 0.3) is 21.9 Å². The summed E-state index contributed by atoms with van der Waals surface area (Å²) in [6.07, 6.45) is 1.09. The molecule has 0 aliphatic carbocycles. The Morgan fingerprint density at radius 3 is 2.64 bits per heavy atom. The van der Waals surface area contributed by atoms with Crippen molar-refractivity contribution in [3.63, 3.8) is 0 Å². The van der Waals surface area contributed by atoms with Crippen LogP contribution in [0.5, 0.6) is 0 Å². The molecule has 4 rings (SSSR count). The molecule has 2 aromatic carbocycles. The first-order chi connectivity index (χ1) is 13.4. The summed E-state index contributed by atoms with van der Waals surface area (Å²) >= 11 is 0. The van der Waals surface area contributed by atoms with E-state index < -0.39 is 6.10 Å². The highest BCUT2D eigenvalue weighted by Crippen LogP contribution is 2.25. The number of aromatic nitrogens is 1. The molecule has 1 aliphatic heterocycles. The van der Waals surface area contributed by atoms with Crippen LogP contribution in [0.1, 0.15) is 10.4 Å². The second kappa shape index (κ2) is 7.22. The average Bonchev–Trinajstić information content (AvgIpc) is 3.09. The molecular weight excluding hydrogens is 354 g/mol. The second-order valence-electron chi connectivity index (χ2n) is 7.50. The van der Waals surface area contributed by atoms with Crippen LogP contribution < -0.4 is 5.56 Å². The SMILES string of the molecule is CN(C)[C@H]1CN(C(=O)c2cccc(-c3ccc4c(=O)[nH]ccc4c3)c2)C[C@@H]1O. The molecule has 1 aliphatic rings. The van der Waals surface area contributed by atoms with Gasteiger partial charge in [0, 0.05) is 30.2 Å². The predicted molar refractivity (Wildman–Crippen MR) is 109 cm³/mol. The number of rotatable bonds is 3. The van der Waals surface area contributed by atoms with Crippen molar-refractivity contribution in [2.75, 3.05) is 27.2 Å². The average molecular weight is 377 g/mol. The number of nitrogens with one attached hydrogen (secondary N) is 1. The van der Waals surface area contributed by atoms with Crippen LogP contribution in [0, 0.1) is 0 Å². The van der Waals surface area contributed by atoms with Crippen molar-refractivity contribution in [3.8, 4) is 11.1 Å². The maximum absolute atomic E-state index is 13.0. The molecule has 6 nitrogen and oxygen atoms in total. The number of amides is 1. The Morgan fingerprint density at radius 1 is 1.11 bits per heavy atom. The molecule has 3 aromatic rings. The summed E-state index contributed by atoms with van der Waals surface area (Å²) in [4.78, 5) is 31.2. The fraction of sp³-hybridized carbons (Fsp3) is 0.273. The number of β-amino-alcohol motifs (C(OH)–C–C–N with tert-alkyl or cyclic N) is 1. The van der Waals surface area contributed by atoms with Gasteiger partial charge in [-0.1, -0.05) is 18.2 Å². The maximum Gasteiger partial charge on any atom is 0.255 e. The summed E-state index contributed by atoms with van der Waals surface area (Å²) in [5.41, 5.74) is 2.34. The van der Waals surface area contributed by atoms with Gasteiger partial charge in [0.1, 0.15) is 0 Å². The molecule has 0 radical (unpaired) electrons. The Labute approximate surface area is 163 Å². The topological polar surface area (TPSA) is 76.6 Å². The van der Waals surface area contributed by atoms with E-state index in [0.29, 0.717) is 24.0 Å². The Balaban J connectivity index is 1.63. The first-order valence-electron chi connectivity index (χ1n) is 9.30. The lowest BCUT2D eigenvalue weighted by atomic mass is 10.00. The zero-order chi connectivity index (χ0) is 19.8. The van der Waals surface area contributed by atoms with Gasteiger partial charge >= 0.3 is 0 Å². The highest BCUT2D eigenvalue weighted by Gasteiger charge is 2.35. The molecule has 0 bridgehead atoms. The third-order valence-electron chi connectivity index (χ3n) is 5.43. The van der Waals surface area contributed by atoms with Crippen molar-refractivity contribution in [2.24, 2.45) is 0 Å². The van der Waals surface area contributed by atoms with Gasteiger partial charge in [-0.3, -0.25) is 9.59 Å². The zero-order valence-electron chi connectivity index (χ0n) is 15.9. The van der Waals surface area contributed by atoms with E-state index in [1.165, 1.54) is 0 Å². The van der Waals surface area contributed by atoms with Crippen molar-refractivity contribution in [1.82, 2.24) is 14.8 Å². The van der Waals surface area contributed by atoms with Crippen molar-refractivity contribution in [2.45, 2.75) is 12.1 Å². The van der Waals surface area contributed by atoms with Gasteiger partial charge in [0.2, 0.25) is 0 Å². The van der Waals surface area contributed by atoms with Crippen LogP contribution in [0.2, 0.25) is 0 Å². The quantitative estimate of drug-likeness (QED) is 0.731. The molecule has 1 aromatic heterocycles. The molecule has 2 heterocycles. The van der Waals surface area contributed by atoms with Gasteiger partial charge < -0.3 is 19.9 Å². The summed E-state index contributed by atoms with van der Waals surface area (Å²) in [5, 5.41) is 11.7. The van der Waals surface area contributed by atoms with Crippen LogP contribution in [0.4, 0.5) is 0 Å². The van der Waals surface area contributed by atoms with Gasteiger partial charge in [-0.15, -0.1) is 0 Å². The number of hydrogen-bond donors (Lipinski definition) is 2. The van der Waals surface area contributed by atoms with Gasteiger partial charge in [-0.2, -0.15) is 0 Å². The monoisotopic (exact) mass is 377 g/mol. The van der Waals surface area contributed by atoms with E-state index in [1.54, 1.807) is 23.2 Å².